The van der Waals surface area contributed by atoms with E-state index in [9.17, 15) is 9.59 Å². The predicted octanol–water partition coefficient (Wildman–Crippen LogP) is 2.82. The van der Waals surface area contributed by atoms with E-state index in [1.54, 1.807) is 34.6 Å². The normalized spacial score (nSPS) is 13.8. The summed E-state index contributed by atoms with van der Waals surface area (Å²) >= 11 is 0. The lowest BCUT2D eigenvalue weighted by Gasteiger charge is -2.19. The summed E-state index contributed by atoms with van der Waals surface area (Å²) in [5, 5.41) is 11.3. The molecule has 1 atom stereocenters. The van der Waals surface area contributed by atoms with E-state index in [-0.39, 0.29) is 5.92 Å². The molecule has 0 saturated carbocycles. The van der Waals surface area contributed by atoms with Crippen molar-refractivity contribution in [1.82, 2.24) is 5.32 Å². The van der Waals surface area contributed by atoms with Gasteiger partial charge in [-0.15, -0.1) is 0 Å². The molecule has 0 aromatic rings. The van der Waals surface area contributed by atoms with E-state index >= 15 is 0 Å². The van der Waals surface area contributed by atoms with Crippen molar-refractivity contribution in [1.29, 1.82) is 0 Å². The Morgan fingerprint density at radius 2 is 1.90 bits per heavy atom. The minimum atomic E-state index is -0.767. The maximum absolute atomic E-state index is 11.4. The number of aliphatic carboxylic acids is 1. The second kappa shape index (κ2) is 8.55. The molecule has 116 valence electrons. The highest BCUT2D eigenvalue weighted by Crippen LogP contribution is 2.08. The minimum Gasteiger partial charge on any atom is -0.481 e. The number of rotatable bonds is 6. The molecule has 0 aliphatic carbocycles. The summed E-state index contributed by atoms with van der Waals surface area (Å²) < 4.78 is 5.10. The largest absolute Gasteiger partial charge is 0.481 e. The van der Waals surface area contributed by atoms with Crippen molar-refractivity contribution in [3.05, 3.63) is 0 Å². The first-order valence-corrected chi connectivity index (χ1v) is 6.85. The number of nitrogens with one attached hydrogen (secondary N) is 1. The number of hydrogen-bond donors (Lipinski definition) is 2. The van der Waals surface area contributed by atoms with Crippen molar-refractivity contribution in [2.75, 3.05) is 6.54 Å². The molecule has 1 amide bonds. The highest BCUT2D eigenvalue weighted by molar-refractivity contribution is 5.93. The molecule has 6 nitrogen and oxygen atoms in total. The molecule has 0 fully saturated rings. The Labute approximate surface area is 120 Å². The maximum atomic E-state index is 11.4. The third-order valence-electron chi connectivity index (χ3n) is 2.50. The van der Waals surface area contributed by atoms with Crippen LogP contribution in [0.15, 0.2) is 4.99 Å². The third kappa shape index (κ3) is 10.3. The lowest BCUT2D eigenvalue weighted by atomic mass is 10.0. The molecule has 20 heavy (non-hydrogen) atoms. The summed E-state index contributed by atoms with van der Waals surface area (Å²) in [7, 11) is 0. The molecule has 0 aromatic carbocycles. The van der Waals surface area contributed by atoms with Crippen LogP contribution in [0, 0.1) is 5.92 Å². The van der Waals surface area contributed by atoms with Crippen LogP contribution in [0.1, 0.15) is 53.9 Å². The van der Waals surface area contributed by atoms with Crippen LogP contribution in [0.2, 0.25) is 0 Å². The molecule has 6 heteroatoms. The van der Waals surface area contributed by atoms with Crippen LogP contribution in [0.25, 0.3) is 0 Å². The van der Waals surface area contributed by atoms with E-state index < -0.39 is 17.7 Å². The Bertz CT molecular complexity index is 359. The summed E-state index contributed by atoms with van der Waals surface area (Å²) in [5.41, 5.74) is -0.530. The standard InChI is InChI=1S/C14H26N2O4/c1-10(12(17)18)8-6-7-9-15-11(2)16-13(19)20-14(3,4)5/h10H,6-9H2,1-5H3,(H,17,18)(H,15,16,19)/t10-/m0/s1. The van der Waals surface area contributed by atoms with Crippen LogP contribution in [-0.4, -0.2) is 35.2 Å². The fraction of sp³-hybridized carbons (Fsp3) is 0.786. The molecule has 0 bridgehead atoms. The van der Waals surface area contributed by atoms with Gasteiger partial charge in [0.2, 0.25) is 0 Å². The van der Waals surface area contributed by atoms with E-state index in [0.29, 0.717) is 18.8 Å². The van der Waals surface area contributed by atoms with Gasteiger partial charge in [-0.25, -0.2) is 4.79 Å². The first kappa shape index (κ1) is 18.4. The molecule has 0 aliphatic heterocycles. The molecular formula is C14H26N2O4. The number of carboxylic acid groups (broad SMARTS) is 1. The van der Waals surface area contributed by atoms with E-state index in [2.05, 4.69) is 10.3 Å². The van der Waals surface area contributed by atoms with Crippen LogP contribution < -0.4 is 5.32 Å². The fourth-order valence-electron chi connectivity index (χ4n) is 1.42. The topological polar surface area (TPSA) is 88.0 Å². The van der Waals surface area contributed by atoms with Crippen molar-refractivity contribution >= 4 is 17.9 Å². The number of nitrogens with zero attached hydrogens (tertiary/aromatic N) is 1. The molecule has 0 radical (unpaired) electrons. The van der Waals surface area contributed by atoms with E-state index in [0.717, 1.165) is 12.8 Å². The van der Waals surface area contributed by atoms with Gasteiger partial charge in [-0.3, -0.25) is 15.1 Å². The SMILES string of the molecule is CC(=NCCCC[C@H](C)C(=O)O)NC(=O)OC(C)(C)C. The Balaban J connectivity index is 3.86. The number of unbranched alkanes of at least 4 members (excludes halogenated alkanes) is 1. The number of alkyl carbamates (subject to hydrolysis) is 1. The number of carbonyl (C=O) groups is 2. The second-order valence-corrected chi connectivity index (χ2v) is 5.83. The number of amides is 1. The number of carbonyl (C=O) groups excluding carboxylic acids is 1. The van der Waals surface area contributed by atoms with Gasteiger partial charge in [0.05, 0.1) is 5.92 Å². The lowest BCUT2D eigenvalue weighted by Crippen LogP contribution is -2.35. The van der Waals surface area contributed by atoms with Crippen molar-refractivity contribution in [3.8, 4) is 0 Å². The maximum Gasteiger partial charge on any atom is 0.413 e. The molecule has 0 saturated heterocycles. The van der Waals surface area contributed by atoms with Gasteiger partial charge >= 0.3 is 12.1 Å². The second-order valence-electron chi connectivity index (χ2n) is 5.83. The van der Waals surface area contributed by atoms with E-state index in [1.165, 1.54) is 0 Å². The zero-order chi connectivity index (χ0) is 15.8. The Morgan fingerprint density at radius 1 is 1.30 bits per heavy atom. The first-order chi connectivity index (χ1) is 9.11. The van der Waals surface area contributed by atoms with Crippen molar-refractivity contribution in [2.45, 2.75) is 59.5 Å². The van der Waals surface area contributed by atoms with Gasteiger partial charge in [0.1, 0.15) is 11.4 Å². The van der Waals surface area contributed by atoms with Gasteiger partial charge < -0.3 is 9.84 Å². The number of amidine groups is 1. The average molecular weight is 286 g/mol. The molecule has 0 unspecified atom stereocenters. The molecule has 0 spiro atoms. The lowest BCUT2D eigenvalue weighted by molar-refractivity contribution is -0.141. The summed E-state index contributed by atoms with van der Waals surface area (Å²) in [5.74, 6) is -0.582. The summed E-state index contributed by atoms with van der Waals surface area (Å²) in [6, 6.07) is 0. The quantitative estimate of drug-likeness (QED) is 0.446. The number of ether oxygens (including phenoxy) is 1. The Hall–Kier alpha value is -1.59. The van der Waals surface area contributed by atoms with Crippen molar-refractivity contribution < 1.29 is 19.4 Å². The minimum absolute atomic E-state index is 0.319. The van der Waals surface area contributed by atoms with Gasteiger partial charge in [-0.1, -0.05) is 13.3 Å². The van der Waals surface area contributed by atoms with Gasteiger partial charge in [0.25, 0.3) is 0 Å². The predicted molar refractivity (Wildman–Crippen MR) is 78.0 cm³/mol. The van der Waals surface area contributed by atoms with E-state index in [1.807, 2.05) is 0 Å². The van der Waals surface area contributed by atoms with E-state index in [4.69, 9.17) is 9.84 Å². The highest BCUT2D eigenvalue weighted by Gasteiger charge is 2.16. The number of hydrogen-bond acceptors (Lipinski definition) is 4. The molecule has 0 rings (SSSR count). The third-order valence-corrected chi connectivity index (χ3v) is 2.50. The van der Waals surface area contributed by atoms with Crippen LogP contribution in [-0.2, 0) is 9.53 Å². The van der Waals surface area contributed by atoms with Gasteiger partial charge in [0.15, 0.2) is 0 Å². The highest BCUT2D eigenvalue weighted by atomic mass is 16.6. The van der Waals surface area contributed by atoms with Gasteiger partial charge in [0, 0.05) is 6.54 Å². The molecular weight excluding hydrogens is 260 g/mol. The molecule has 0 aromatic heterocycles. The van der Waals surface area contributed by atoms with Crippen molar-refractivity contribution in [2.24, 2.45) is 10.9 Å². The number of carboxylic acids is 1. The van der Waals surface area contributed by atoms with Crippen LogP contribution in [0.5, 0.6) is 0 Å². The number of aliphatic imine (C=N–C) groups is 1. The van der Waals surface area contributed by atoms with Crippen LogP contribution in [0.3, 0.4) is 0 Å². The Kier molecular flexibility index (Phi) is 7.87. The van der Waals surface area contributed by atoms with Crippen LogP contribution in [0.4, 0.5) is 4.79 Å². The average Bonchev–Trinajstić information content (AvgIpc) is 2.25. The fourth-order valence-corrected chi connectivity index (χ4v) is 1.42. The molecule has 0 heterocycles. The Morgan fingerprint density at radius 3 is 2.40 bits per heavy atom. The molecule has 0 aliphatic rings. The summed E-state index contributed by atoms with van der Waals surface area (Å²) in [4.78, 5) is 26.3. The monoisotopic (exact) mass is 286 g/mol. The zero-order valence-electron chi connectivity index (χ0n) is 13.0. The van der Waals surface area contributed by atoms with Gasteiger partial charge in [-0.2, -0.15) is 0 Å². The zero-order valence-corrected chi connectivity index (χ0v) is 13.0. The van der Waals surface area contributed by atoms with Crippen molar-refractivity contribution in [3.63, 3.8) is 0 Å². The first-order valence-electron chi connectivity index (χ1n) is 6.85. The smallest absolute Gasteiger partial charge is 0.413 e. The van der Waals surface area contributed by atoms with Gasteiger partial charge in [-0.05, 0) is 40.5 Å². The summed E-state index contributed by atoms with van der Waals surface area (Å²) in [6.07, 6.45) is 1.73. The molecule has 2 N–H and O–H groups in total. The summed E-state index contributed by atoms with van der Waals surface area (Å²) in [6.45, 7) is 9.34. The van der Waals surface area contributed by atoms with Crippen LogP contribution >= 0.6 is 0 Å².